The molecule has 0 saturated carbocycles. The van der Waals surface area contributed by atoms with Gasteiger partial charge >= 0.3 is 5.97 Å². The predicted molar refractivity (Wildman–Crippen MR) is 46.9 cm³/mol. The molecule has 60 valence electrons. The van der Waals surface area contributed by atoms with Crippen LogP contribution in [0, 0.1) is 0 Å². The minimum atomic E-state index is -1.10. The third-order valence-electron chi connectivity index (χ3n) is 0.935. The summed E-state index contributed by atoms with van der Waals surface area (Å²) in [7, 11) is 0. The molecule has 0 aliphatic heterocycles. The molecule has 1 N–H and O–H groups in total. The van der Waals surface area contributed by atoms with Crippen LogP contribution in [0.1, 0.15) is 6.92 Å². The van der Waals surface area contributed by atoms with Gasteiger partial charge in [-0.3, -0.25) is 0 Å². The zero-order valence-corrected chi connectivity index (χ0v) is 7.23. The smallest absolute Gasteiger partial charge is 0.362 e. The van der Waals surface area contributed by atoms with Crippen LogP contribution in [-0.2, 0) is 4.79 Å². The van der Waals surface area contributed by atoms with E-state index in [0.29, 0.717) is 5.04 Å². The second-order valence-electron chi connectivity index (χ2n) is 1.67. The van der Waals surface area contributed by atoms with Gasteiger partial charge in [0.05, 0.1) is 5.04 Å². The highest BCUT2D eigenvalue weighted by molar-refractivity contribution is 8.13. The lowest BCUT2D eigenvalue weighted by molar-refractivity contribution is -0.132. The summed E-state index contributed by atoms with van der Waals surface area (Å²) in [6.45, 7) is 4.94. The van der Waals surface area contributed by atoms with Crippen molar-refractivity contribution in [3.63, 3.8) is 0 Å². The summed E-state index contributed by atoms with van der Waals surface area (Å²) in [4.78, 5) is 14.1. The average Bonchev–Trinajstić information content (AvgIpc) is 1.99. The van der Waals surface area contributed by atoms with Gasteiger partial charge in [-0.15, -0.1) is 11.8 Å². The highest BCUT2D eigenvalue weighted by Gasteiger charge is 2.03. The van der Waals surface area contributed by atoms with Crippen LogP contribution in [-0.4, -0.2) is 22.4 Å². The number of hydrogen-bond donors (Lipinski definition) is 1. The molecule has 3 nitrogen and oxygen atoms in total. The quantitative estimate of drug-likeness (QED) is 0.296. The summed E-state index contributed by atoms with van der Waals surface area (Å²) in [5.74, 6) is -1.10. The van der Waals surface area contributed by atoms with Crippen molar-refractivity contribution < 1.29 is 9.90 Å². The Bertz CT molecular complexity index is 239. The molecule has 0 spiro atoms. The Morgan fingerprint density at radius 2 is 2.27 bits per heavy atom. The molecule has 0 fully saturated rings. The fourth-order valence-electron chi connectivity index (χ4n) is 0.366. The van der Waals surface area contributed by atoms with Crippen molar-refractivity contribution in [2.75, 3.05) is 6.26 Å². The van der Waals surface area contributed by atoms with Crippen LogP contribution in [0.2, 0.25) is 0 Å². The first-order valence-corrected chi connectivity index (χ1v) is 4.07. The lowest BCUT2D eigenvalue weighted by Crippen LogP contribution is -1.98. The van der Waals surface area contributed by atoms with Crippen molar-refractivity contribution in [1.82, 2.24) is 0 Å². The van der Waals surface area contributed by atoms with E-state index in [1.807, 2.05) is 6.26 Å². The molecule has 0 bridgehead atoms. The minimum Gasteiger partial charge on any atom is -0.476 e. The van der Waals surface area contributed by atoms with Crippen molar-refractivity contribution in [2.24, 2.45) is 4.99 Å². The number of aliphatic carboxylic acids is 1. The van der Waals surface area contributed by atoms with E-state index in [9.17, 15) is 4.79 Å². The third-order valence-corrected chi connectivity index (χ3v) is 1.62. The predicted octanol–water partition coefficient (Wildman–Crippen LogP) is 1.52. The van der Waals surface area contributed by atoms with E-state index in [1.165, 1.54) is 11.8 Å². The Kier molecular flexibility index (Phi) is 4.34. The second kappa shape index (κ2) is 4.77. The van der Waals surface area contributed by atoms with Crippen molar-refractivity contribution in [2.45, 2.75) is 6.92 Å². The van der Waals surface area contributed by atoms with E-state index < -0.39 is 5.97 Å². The van der Waals surface area contributed by atoms with Crippen molar-refractivity contribution in [3.05, 3.63) is 18.0 Å². The first-order chi connectivity index (χ1) is 5.11. The molecule has 0 aliphatic rings. The Morgan fingerprint density at radius 3 is 2.55 bits per heavy atom. The summed E-state index contributed by atoms with van der Waals surface area (Å²) >= 11 is 1.38. The van der Waals surface area contributed by atoms with Gasteiger partial charge in [0.25, 0.3) is 0 Å². The van der Waals surface area contributed by atoms with E-state index in [2.05, 4.69) is 17.3 Å². The Morgan fingerprint density at radius 1 is 1.73 bits per heavy atom. The summed E-state index contributed by atoms with van der Waals surface area (Å²) in [6.07, 6.45) is 1.82. The molecule has 0 radical (unpaired) electrons. The summed E-state index contributed by atoms with van der Waals surface area (Å²) in [6, 6.07) is 0. The van der Waals surface area contributed by atoms with Crippen LogP contribution in [0.4, 0.5) is 0 Å². The number of nitrogens with zero attached hydrogens (tertiary/aromatic N) is 1. The number of carbonyl (C=O) groups is 1. The van der Waals surface area contributed by atoms with Gasteiger partial charge in [0.15, 0.2) is 5.70 Å². The van der Waals surface area contributed by atoms with E-state index in [4.69, 9.17) is 5.11 Å². The first-order valence-electron chi connectivity index (χ1n) is 2.84. The lowest BCUT2D eigenvalue weighted by Gasteiger charge is -1.92. The molecule has 0 aromatic rings. The van der Waals surface area contributed by atoms with Crippen molar-refractivity contribution in [1.29, 1.82) is 0 Å². The van der Waals surface area contributed by atoms with Gasteiger partial charge in [0.1, 0.15) is 0 Å². The van der Waals surface area contributed by atoms with Gasteiger partial charge < -0.3 is 5.11 Å². The van der Waals surface area contributed by atoms with Crippen molar-refractivity contribution >= 4 is 22.8 Å². The van der Waals surface area contributed by atoms with Crippen LogP contribution in [0.25, 0.3) is 0 Å². The molecule has 0 unspecified atom stereocenters. The normalized spacial score (nSPS) is 10.5. The van der Waals surface area contributed by atoms with Crippen LogP contribution >= 0.6 is 11.8 Å². The minimum absolute atomic E-state index is 0.142. The molecule has 0 aromatic heterocycles. The fraction of sp³-hybridized carbons (Fsp3) is 0.286. The molecule has 4 heteroatoms. The van der Waals surface area contributed by atoms with E-state index >= 15 is 0 Å². The standard InChI is InChI=1S/C7H9NO2S/c1-4-6(7(9)10)8-5(2)11-3/h1H2,2-3H3,(H,9,10). The number of aliphatic imine (C=N–C) groups is 1. The first kappa shape index (κ1) is 10.0. The maximum Gasteiger partial charge on any atom is 0.362 e. The Labute approximate surface area is 69.5 Å². The average molecular weight is 171 g/mol. The fourth-order valence-corrected chi connectivity index (χ4v) is 0.549. The molecule has 0 aliphatic carbocycles. The van der Waals surface area contributed by atoms with Crippen LogP contribution in [0.3, 0.4) is 0 Å². The SMILES string of the molecule is C=C=C(N=C(C)SC)C(=O)O. The molecule has 0 amide bonds. The molecular formula is C7H9NO2S. The monoisotopic (exact) mass is 171 g/mol. The molecular weight excluding hydrogens is 162 g/mol. The van der Waals surface area contributed by atoms with Gasteiger partial charge in [-0.25, -0.2) is 9.79 Å². The highest BCUT2D eigenvalue weighted by Crippen LogP contribution is 2.02. The number of hydrogen-bond acceptors (Lipinski definition) is 3. The molecule has 0 saturated heterocycles. The Hall–Kier alpha value is -0.990. The van der Waals surface area contributed by atoms with E-state index in [1.54, 1.807) is 6.92 Å². The zero-order chi connectivity index (χ0) is 8.85. The zero-order valence-electron chi connectivity index (χ0n) is 6.42. The number of rotatable bonds is 2. The van der Waals surface area contributed by atoms with Crippen LogP contribution in [0.5, 0.6) is 0 Å². The molecule has 0 rings (SSSR count). The van der Waals surface area contributed by atoms with Crippen LogP contribution < -0.4 is 0 Å². The Balaban J connectivity index is 4.59. The molecule has 0 heterocycles. The summed E-state index contributed by atoms with van der Waals surface area (Å²) in [5, 5.41) is 9.14. The van der Waals surface area contributed by atoms with Gasteiger partial charge in [0, 0.05) is 0 Å². The molecule has 0 atom stereocenters. The van der Waals surface area contributed by atoms with Crippen molar-refractivity contribution in [3.8, 4) is 0 Å². The lowest BCUT2D eigenvalue weighted by atomic mass is 10.5. The molecule has 11 heavy (non-hydrogen) atoms. The summed E-state index contributed by atoms with van der Waals surface area (Å²) < 4.78 is 0. The number of thioether (sulfide) groups is 1. The highest BCUT2D eigenvalue weighted by atomic mass is 32.2. The van der Waals surface area contributed by atoms with E-state index in [-0.39, 0.29) is 5.70 Å². The largest absolute Gasteiger partial charge is 0.476 e. The van der Waals surface area contributed by atoms with Gasteiger partial charge in [-0.05, 0) is 13.2 Å². The van der Waals surface area contributed by atoms with Gasteiger partial charge in [-0.1, -0.05) is 12.3 Å². The number of carboxylic acids is 1. The third kappa shape index (κ3) is 3.65. The van der Waals surface area contributed by atoms with E-state index in [0.717, 1.165) is 0 Å². The van der Waals surface area contributed by atoms with Crippen LogP contribution in [0.15, 0.2) is 23.0 Å². The van der Waals surface area contributed by atoms with Gasteiger partial charge in [-0.2, -0.15) is 0 Å². The maximum atomic E-state index is 10.3. The maximum absolute atomic E-state index is 10.3. The number of carboxylic acid groups (broad SMARTS) is 1. The van der Waals surface area contributed by atoms with Gasteiger partial charge in [0.2, 0.25) is 0 Å². The second-order valence-corrected chi connectivity index (χ2v) is 2.66. The summed E-state index contributed by atoms with van der Waals surface area (Å²) in [5.41, 5.74) is 2.09. The molecule has 0 aromatic carbocycles. The topological polar surface area (TPSA) is 49.7 Å².